The maximum Gasteiger partial charge on any atom is 0.123 e. The van der Waals surface area contributed by atoms with Crippen molar-refractivity contribution in [2.24, 2.45) is 5.92 Å². The Kier molecular flexibility index (Phi) is 8.54. The summed E-state index contributed by atoms with van der Waals surface area (Å²) in [6.07, 6.45) is 2.77. The second kappa shape index (κ2) is 10.0. The highest BCUT2D eigenvalue weighted by Gasteiger charge is 2.06. The molecule has 1 heterocycles. The van der Waals surface area contributed by atoms with E-state index in [0.29, 0.717) is 25.7 Å². The van der Waals surface area contributed by atoms with E-state index in [1.54, 1.807) is 6.26 Å². The molecule has 0 aromatic carbocycles. The van der Waals surface area contributed by atoms with Crippen molar-refractivity contribution in [2.75, 3.05) is 26.4 Å². The molecule has 0 aliphatic rings. The second-order valence-corrected chi connectivity index (χ2v) is 5.06. The molecule has 0 amide bonds. The highest BCUT2D eigenvalue weighted by atomic mass is 16.5. The van der Waals surface area contributed by atoms with Crippen molar-refractivity contribution in [3.05, 3.63) is 23.7 Å². The standard InChI is InChI=1S/C15H27NO3/c1-4-6-17-8-9-18-12-14-5-7-19-15(14)11-16-10-13(2)3/h5,7,13,16H,4,6,8-12H2,1-3H3. The third-order valence-corrected chi connectivity index (χ3v) is 2.65. The molecular formula is C15H27NO3. The van der Waals surface area contributed by atoms with Crippen LogP contribution in [0.4, 0.5) is 0 Å². The number of ether oxygens (including phenoxy) is 2. The van der Waals surface area contributed by atoms with Crippen molar-refractivity contribution in [2.45, 2.75) is 40.3 Å². The molecule has 1 aromatic heterocycles. The summed E-state index contributed by atoms with van der Waals surface area (Å²) >= 11 is 0. The van der Waals surface area contributed by atoms with Crippen LogP contribution in [0, 0.1) is 5.92 Å². The third kappa shape index (κ3) is 7.35. The maximum absolute atomic E-state index is 5.58. The molecule has 110 valence electrons. The fourth-order valence-electron chi connectivity index (χ4n) is 1.67. The van der Waals surface area contributed by atoms with Crippen molar-refractivity contribution < 1.29 is 13.9 Å². The summed E-state index contributed by atoms with van der Waals surface area (Å²) in [5.41, 5.74) is 1.12. The van der Waals surface area contributed by atoms with Crippen molar-refractivity contribution in [1.82, 2.24) is 5.32 Å². The fraction of sp³-hybridized carbons (Fsp3) is 0.733. The second-order valence-electron chi connectivity index (χ2n) is 5.06. The minimum absolute atomic E-state index is 0.588. The lowest BCUT2D eigenvalue weighted by atomic mass is 10.2. The average molecular weight is 269 g/mol. The van der Waals surface area contributed by atoms with Gasteiger partial charge in [0.15, 0.2) is 0 Å². The van der Waals surface area contributed by atoms with E-state index in [1.807, 2.05) is 6.07 Å². The summed E-state index contributed by atoms with van der Waals surface area (Å²) in [5.74, 6) is 1.61. The molecule has 0 radical (unpaired) electrons. The molecule has 0 bridgehead atoms. The minimum atomic E-state index is 0.588. The summed E-state index contributed by atoms with van der Waals surface area (Å²) in [4.78, 5) is 0. The lowest BCUT2D eigenvalue weighted by Gasteiger charge is -2.08. The number of hydrogen-bond acceptors (Lipinski definition) is 4. The summed E-state index contributed by atoms with van der Waals surface area (Å²) in [6, 6.07) is 1.97. The molecule has 4 heteroatoms. The molecule has 1 aromatic rings. The van der Waals surface area contributed by atoms with Crippen LogP contribution in [0.2, 0.25) is 0 Å². The summed E-state index contributed by atoms with van der Waals surface area (Å²) < 4.78 is 16.4. The molecule has 0 spiro atoms. The van der Waals surface area contributed by atoms with Gasteiger partial charge >= 0.3 is 0 Å². The molecule has 0 saturated carbocycles. The zero-order chi connectivity index (χ0) is 13.9. The van der Waals surface area contributed by atoms with E-state index in [0.717, 1.165) is 37.4 Å². The summed E-state index contributed by atoms with van der Waals surface area (Å²) in [7, 11) is 0. The molecule has 0 aliphatic heterocycles. The van der Waals surface area contributed by atoms with Gasteiger partial charge in [0.05, 0.1) is 32.6 Å². The van der Waals surface area contributed by atoms with Gasteiger partial charge in [-0.25, -0.2) is 0 Å². The van der Waals surface area contributed by atoms with Gasteiger partial charge < -0.3 is 19.2 Å². The van der Waals surface area contributed by atoms with Crippen LogP contribution in [0.5, 0.6) is 0 Å². The van der Waals surface area contributed by atoms with Crippen LogP contribution in [0.1, 0.15) is 38.5 Å². The van der Waals surface area contributed by atoms with E-state index in [1.165, 1.54) is 0 Å². The molecule has 0 fully saturated rings. The van der Waals surface area contributed by atoms with Crippen molar-refractivity contribution in [3.63, 3.8) is 0 Å². The van der Waals surface area contributed by atoms with Gasteiger partial charge in [0.1, 0.15) is 5.76 Å². The number of furan rings is 1. The minimum Gasteiger partial charge on any atom is -0.468 e. The Morgan fingerprint density at radius 3 is 2.74 bits per heavy atom. The maximum atomic E-state index is 5.58. The van der Waals surface area contributed by atoms with Gasteiger partial charge in [0.2, 0.25) is 0 Å². The van der Waals surface area contributed by atoms with E-state index >= 15 is 0 Å². The zero-order valence-electron chi connectivity index (χ0n) is 12.4. The topological polar surface area (TPSA) is 43.6 Å². The normalized spacial score (nSPS) is 11.4. The predicted molar refractivity (Wildman–Crippen MR) is 76.0 cm³/mol. The van der Waals surface area contributed by atoms with E-state index in [-0.39, 0.29) is 0 Å². The summed E-state index contributed by atoms with van der Waals surface area (Å²) in [6.45, 7) is 10.9. The Hall–Kier alpha value is -0.840. The van der Waals surface area contributed by atoms with Gasteiger partial charge in [-0.05, 0) is 24.9 Å². The molecule has 0 unspecified atom stereocenters. The monoisotopic (exact) mass is 269 g/mol. The number of hydrogen-bond donors (Lipinski definition) is 1. The van der Waals surface area contributed by atoms with Gasteiger partial charge in [-0.1, -0.05) is 20.8 Å². The first kappa shape index (κ1) is 16.2. The molecule has 0 aliphatic carbocycles. The van der Waals surface area contributed by atoms with Crippen LogP contribution in [0.3, 0.4) is 0 Å². The van der Waals surface area contributed by atoms with Crippen LogP contribution < -0.4 is 5.32 Å². The van der Waals surface area contributed by atoms with Crippen LogP contribution in [0.25, 0.3) is 0 Å². The third-order valence-electron chi connectivity index (χ3n) is 2.65. The summed E-state index contributed by atoms with van der Waals surface area (Å²) in [5, 5.41) is 3.37. The Bertz CT molecular complexity index is 323. The quantitative estimate of drug-likeness (QED) is 0.627. The molecule has 4 nitrogen and oxygen atoms in total. The zero-order valence-corrected chi connectivity index (χ0v) is 12.4. The van der Waals surface area contributed by atoms with E-state index in [9.17, 15) is 0 Å². The van der Waals surface area contributed by atoms with Gasteiger partial charge in [-0.15, -0.1) is 0 Å². The Morgan fingerprint density at radius 2 is 2.00 bits per heavy atom. The van der Waals surface area contributed by atoms with Crippen molar-refractivity contribution in [3.8, 4) is 0 Å². The van der Waals surface area contributed by atoms with Gasteiger partial charge in [0.25, 0.3) is 0 Å². The largest absolute Gasteiger partial charge is 0.468 e. The van der Waals surface area contributed by atoms with Crippen LogP contribution in [-0.4, -0.2) is 26.4 Å². The van der Waals surface area contributed by atoms with Gasteiger partial charge in [0, 0.05) is 12.2 Å². The number of nitrogens with one attached hydrogen (secondary N) is 1. The van der Waals surface area contributed by atoms with E-state index < -0.39 is 0 Å². The molecule has 0 saturated heterocycles. The van der Waals surface area contributed by atoms with Crippen LogP contribution in [-0.2, 0) is 22.6 Å². The Labute approximate surface area is 116 Å². The first-order valence-electron chi connectivity index (χ1n) is 7.15. The Balaban J connectivity index is 2.17. The highest BCUT2D eigenvalue weighted by Crippen LogP contribution is 2.11. The molecular weight excluding hydrogens is 242 g/mol. The van der Waals surface area contributed by atoms with Gasteiger partial charge in [-0.2, -0.15) is 0 Å². The first-order valence-corrected chi connectivity index (χ1v) is 7.15. The lowest BCUT2D eigenvalue weighted by Crippen LogP contribution is -2.19. The van der Waals surface area contributed by atoms with Crippen molar-refractivity contribution >= 4 is 0 Å². The van der Waals surface area contributed by atoms with E-state index in [2.05, 4.69) is 26.1 Å². The van der Waals surface area contributed by atoms with Crippen LogP contribution >= 0.6 is 0 Å². The molecule has 1 rings (SSSR count). The molecule has 0 atom stereocenters. The van der Waals surface area contributed by atoms with E-state index in [4.69, 9.17) is 13.9 Å². The highest BCUT2D eigenvalue weighted by molar-refractivity contribution is 5.15. The van der Waals surface area contributed by atoms with Crippen LogP contribution in [0.15, 0.2) is 16.7 Å². The number of rotatable bonds is 11. The van der Waals surface area contributed by atoms with Gasteiger partial charge in [-0.3, -0.25) is 0 Å². The smallest absolute Gasteiger partial charge is 0.123 e. The molecule has 1 N–H and O–H groups in total. The molecule has 19 heavy (non-hydrogen) atoms. The first-order chi connectivity index (χ1) is 9.24. The predicted octanol–water partition coefficient (Wildman–Crippen LogP) is 2.97. The Morgan fingerprint density at radius 1 is 1.21 bits per heavy atom. The fourth-order valence-corrected chi connectivity index (χ4v) is 1.67. The SMILES string of the molecule is CCCOCCOCc1ccoc1CNCC(C)C. The average Bonchev–Trinajstić information content (AvgIpc) is 2.81. The lowest BCUT2D eigenvalue weighted by molar-refractivity contribution is 0.0403. The van der Waals surface area contributed by atoms with Crippen molar-refractivity contribution in [1.29, 1.82) is 0 Å².